The normalized spacial score (nSPS) is 11.2. The number of esters is 1. The van der Waals surface area contributed by atoms with E-state index in [-0.39, 0.29) is 41.9 Å². The van der Waals surface area contributed by atoms with Crippen LogP contribution in [0.25, 0.3) is 0 Å². The maximum atomic E-state index is 13.2. The number of non-ortho nitro benzene ring substituents is 1. The lowest BCUT2D eigenvalue weighted by Gasteiger charge is -2.18. The Kier molecular flexibility index (Phi) is 9.45. The first-order valence-electron chi connectivity index (χ1n) is 12.5. The number of nitro groups is 1. The van der Waals surface area contributed by atoms with Crippen molar-refractivity contribution < 1.29 is 37.9 Å². The number of amides is 1. The summed E-state index contributed by atoms with van der Waals surface area (Å²) in [5.41, 5.74) is 0.896. The summed E-state index contributed by atoms with van der Waals surface area (Å²) in [5, 5.41) is 14.0. The maximum Gasteiger partial charge on any atom is 0.408 e. The molecule has 41 heavy (non-hydrogen) atoms. The molecule has 4 aromatic carbocycles. The van der Waals surface area contributed by atoms with E-state index in [9.17, 15) is 24.1 Å². The van der Waals surface area contributed by atoms with Crippen LogP contribution < -0.4 is 14.8 Å². The second-order valence-electron chi connectivity index (χ2n) is 8.54. The van der Waals surface area contributed by atoms with Gasteiger partial charge >= 0.3 is 12.1 Å². The first kappa shape index (κ1) is 28.6. The van der Waals surface area contributed by atoms with E-state index in [0.717, 1.165) is 5.56 Å². The number of halogens is 1. The summed E-state index contributed by atoms with van der Waals surface area (Å²) in [7, 11) is 0. The van der Waals surface area contributed by atoms with Crippen molar-refractivity contribution in [3.8, 4) is 23.0 Å². The van der Waals surface area contributed by atoms with E-state index < -0.39 is 28.8 Å². The van der Waals surface area contributed by atoms with Crippen molar-refractivity contribution in [3.05, 3.63) is 124 Å². The number of hydrogen-bond acceptors (Lipinski definition) is 8. The average Bonchev–Trinajstić information content (AvgIpc) is 2.97. The highest BCUT2D eigenvalue weighted by atomic mass is 19.1. The van der Waals surface area contributed by atoms with Gasteiger partial charge in [0, 0.05) is 6.07 Å². The summed E-state index contributed by atoms with van der Waals surface area (Å²) in [4.78, 5) is 35.9. The first-order valence-corrected chi connectivity index (χ1v) is 12.5. The molecule has 11 heteroatoms. The molecule has 4 aromatic rings. The highest BCUT2D eigenvalue weighted by Crippen LogP contribution is 2.33. The molecular formula is C30H25FN2O8. The molecule has 0 heterocycles. The van der Waals surface area contributed by atoms with Crippen LogP contribution in [0, 0.1) is 15.9 Å². The predicted octanol–water partition coefficient (Wildman–Crippen LogP) is 6.85. The Hall–Kier alpha value is -5.45. The number of nitrogens with one attached hydrogen (secondary N) is 1. The fourth-order valence-electron chi connectivity index (χ4n) is 3.67. The van der Waals surface area contributed by atoms with Gasteiger partial charge in [-0.1, -0.05) is 42.5 Å². The number of nitro benzene ring substituents is 1. The standard InChI is InChI=1S/C30H25FN2O8/c1-2-38-29(34)28(32-30(35)39-19-20-6-4-3-5-7-20)21-8-12-24(13-9-21)40-26-16-23(33(36)37)17-27(18-26)41-25-14-10-22(31)11-15-25/h3-18,28H,2,19H2,1H3,(H,32,35). The van der Waals surface area contributed by atoms with Gasteiger partial charge in [-0.3, -0.25) is 10.1 Å². The van der Waals surface area contributed by atoms with Crippen molar-refractivity contribution in [2.75, 3.05) is 6.61 Å². The molecule has 1 N–H and O–H groups in total. The summed E-state index contributed by atoms with van der Waals surface area (Å²) in [6.07, 6.45) is -0.808. The number of alkyl carbamates (subject to hydrolysis) is 1. The van der Waals surface area contributed by atoms with Crippen LogP contribution in [0.2, 0.25) is 0 Å². The van der Waals surface area contributed by atoms with Gasteiger partial charge in [-0.25, -0.2) is 14.0 Å². The van der Waals surface area contributed by atoms with Gasteiger partial charge in [0.25, 0.3) is 5.69 Å². The number of carbonyl (C=O) groups excluding carboxylic acids is 2. The molecule has 1 amide bonds. The third-order valence-corrected chi connectivity index (χ3v) is 5.57. The van der Waals surface area contributed by atoms with Crippen molar-refractivity contribution in [3.63, 3.8) is 0 Å². The molecule has 0 aliphatic heterocycles. The van der Waals surface area contributed by atoms with Crippen molar-refractivity contribution >= 4 is 17.7 Å². The van der Waals surface area contributed by atoms with Gasteiger partial charge in [0.05, 0.1) is 23.7 Å². The first-order chi connectivity index (χ1) is 19.8. The molecule has 0 radical (unpaired) electrons. The van der Waals surface area contributed by atoms with Gasteiger partial charge in [-0.05, 0) is 54.4 Å². The van der Waals surface area contributed by atoms with Crippen LogP contribution in [-0.2, 0) is 20.9 Å². The Morgan fingerprint density at radius 1 is 0.829 bits per heavy atom. The molecule has 0 spiro atoms. The predicted molar refractivity (Wildman–Crippen MR) is 145 cm³/mol. The average molecular weight is 561 g/mol. The lowest BCUT2D eigenvalue weighted by Crippen LogP contribution is -2.35. The van der Waals surface area contributed by atoms with E-state index in [4.69, 9.17) is 18.9 Å². The minimum absolute atomic E-state index is 0.0189. The van der Waals surface area contributed by atoms with Gasteiger partial charge in [0.2, 0.25) is 0 Å². The zero-order valence-corrected chi connectivity index (χ0v) is 21.8. The highest BCUT2D eigenvalue weighted by Gasteiger charge is 2.25. The van der Waals surface area contributed by atoms with Crippen LogP contribution >= 0.6 is 0 Å². The van der Waals surface area contributed by atoms with Crippen LogP contribution in [-0.4, -0.2) is 23.6 Å². The molecule has 1 unspecified atom stereocenters. The number of rotatable bonds is 11. The molecule has 1 atom stereocenters. The molecule has 0 saturated heterocycles. The topological polar surface area (TPSA) is 126 Å². The molecule has 0 fully saturated rings. The van der Waals surface area contributed by atoms with Gasteiger partial charge in [0.1, 0.15) is 35.4 Å². The number of benzene rings is 4. The van der Waals surface area contributed by atoms with Crippen molar-refractivity contribution in [2.45, 2.75) is 19.6 Å². The summed E-state index contributed by atoms with van der Waals surface area (Å²) < 4.78 is 35.0. The lowest BCUT2D eigenvalue weighted by molar-refractivity contribution is -0.385. The van der Waals surface area contributed by atoms with Gasteiger partial charge in [0.15, 0.2) is 6.04 Å². The quantitative estimate of drug-likeness (QED) is 0.120. The minimum atomic E-state index is -1.15. The third kappa shape index (κ3) is 8.27. The van der Waals surface area contributed by atoms with E-state index >= 15 is 0 Å². The second kappa shape index (κ2) is 13.6. The molecule has 0 saturated carbocycles. The fraction of sp³-hybridized carbons (Fsp3) is 0.133. The maximum absolute atomic E-state index is 13.2. The smallest absolute Gasteiger partial charge is 0.408 e. The van der Waals surface area contributed by atoms with E-state index in [0.29, 0.717) is 5.56 Å². The lowest BCUT2D eigenvalue weighted by atomic mass is 10.1. The number of hydrogen-bond donors (Lipinski definition) is 1. The molecular weight excluding hydrogens is 535 g/mol. The number of ether oxygens (including phenoxy) is 4. The summed E-state index contributed by atoms with van der Waals surface area (Å²) in [5.74, 6) is -0.350. The van der Waals surface area contributed by atoms with Crippen molar-refractivity contribution in [1.29, 1.82) is 0 Å². The van der Waals surface area contributed by atoms with Crippen LogP contribution in [0.5, 0.6) is 23.0 Å². The molecule has 0 aromatic heterocycles. The van der Waals surface area contributed by atoms with E-state index in [1.165, 1.54) is 54.6 Å². The van der Waals surface area contributed by atoms with Crippen LogP contribution in [0.4, 0.5) is 14.9 Å². The Labute approximate surface area is 234 Å². The van der Waals surface area contributed by atoms with Crippen LogP contribution in [0.15, 0.2) is 97.1 Å². The summed E-state index contributed by atoms with van der Waals surface area (Å²) >= 11 is 0. The molecule has 0 bridgehead atoms. The SMILES string of the molecule is CCOC(=O)C(NC(=O)OCc1ccccc1)c1ccc(Oc2cc(Oc3ccc(F)cc3)cc([N+](=O)[O-])c2)cc1. The van der Waals surface area contributed by atoms with E-state index in [1.807, 2.05) is 18.2 Å². The molecule has 0 aliphatic rings. The zero-order chi connectivity index (χ0) is 29.2. The molecule has 10 nitrogen and oxygen atoms in total. The second-order valence-corrected chi connectivity index (χ2v) is 8.54. The monoisotopic (exact) mass is 560 g/mol. The van der Waals surface area contributed by atoms with E-state index in [2.05, 4.69) is 5.32 Å². The van der Waals surface area contributed by atoms with Gasteiger partial charge < -0.3 is 24.3 Å². The third-order valence-electron chi connectivity index (χ3n) is 5.57. The Balaban J connectivity index is 1.48. The molecule has 210 valence electrons. The number of nitrogens with zero attached hydrogens (tertiary/aromatic N) is 1. The Bertz CT molecular complexity index is 1500. The Morgan fingerprint density at radius 2 is 1.41 bits per heavy atom. The number of carbonyl (C=O) groups is 2. The van der Waals surface area contributed by atoms with Gasteiger partial charge in [-0.15, -0.1) is 0 Å². The zero-order valence-electron chi connectivity index (χ0n) is 21.8. The minimum Gasteiger partial charge on any atom is -0.464 e. The van der Waals surface area contributed by atoms with Crippen LogP contribution in [0.3, 0.4) is 0 Å². The summed E-state index contributed by atoms with van der Waals surface area (Å²) in [6.45, 7) is 1.77. The molecule has 4 rings (SSSR count). The Morgan fingerprint density at radius 3 is 1.98 bits per heavy atom. The van der Waals surface area contributed by atoms with Crippen molar-refractivity contribution in [2.24, 2.45) is 0 Å². The largest absolute Gasteiger partial charge is 0.464 e. The van der Waals surface area contributed by atoms with Crippen LogP contribution in [0.1, 0.15) is 24.1 Å². The summed E-state index contributed by atoms with van der Waals surface area (Å²) in [6, 6.07) is 23.1. The highest BCUT2D eigenvalue weighted by molar-refractivity contribution is 5.82. The fourth-order valence-corrected chi connectivity index (χ4v) is 3.67. The van der Waals surface area contributed by atoms with Crippen molar-refractivity contribution in [1.82, 2.24) is 5.32 Å². The van der Waals surface area contributed by atoms with E-state index in [1.54, 1.807) is 31.2 Å². The van der Waals surface area contributed by atoms with Gasteiger partial charge in [-0.2, -0.15) is 0 Å². The molecule has 0 aliphatic carbocycles.